The number of para-hydroxylation sites is 1. The predicted octanol–water partition coefficient (Wildman–Crippen LogP) is 1.75. The molecular formula is C16H17N3O5S. The van der Waals surface area contributed by atoms with Crippen LogP contribution in [-0.2, 0) is 16.3 Å². The van der Waals surface area contributed by atoms with E-state index in [9.17, 15) is 23.3 Å². The Bertz CT molecular complexity index is 925. The first-order valence-corrected chi connectivity index (χ1v) is 9.19. The van der Waals surface area contributed by atoms with Gasteiger partial charge in [0.2, 0.25) is 5.91 Å². The quantitative estimate of drug-likeness (QED) is 0.569. The number of nitrogens with zero attached hydrogens (tertiary/aromatic N) is 1. The Balaban J connectivity index is 2.20. The zero-order valence-electron chi connectivity index (χ0n) is 13.4. The minimum absolute atomic E-state index is 0.124. The third-order valence-corrected chi connectivity index (χ3v) is 4.65. The molecule has 1 amide bonds. The van der Waals surface area contributed by atoms with Gasteiger partial charge in [-0.1, -0.05) is 18.2 Å². The fourth-order valence-electron chi connectivity index (χ4n) is 2.37. The van der Waals surface area contributed by atoms with E-state index in [1.165, 1.54) is 18.2 Å². The van der Waals surface area contributed by atoms with Gasteiger partial charge in [0.1, 0.15) is 10.6 Å². The maximum absolute atomic E-state index is 11.7. The molecule has 8 nitrogen and oxygen atoms in total. The Labute approximate surface area is 144 Å². The zero-order chi connectivity index (χ0) is 18.6. The van der Waals surface area contributed by atoms with E-state index in [1.54, 1.807) is 24.3 Å². The van der Waals surface area contributed by atoms with Gasteiger partial charge in [0.05, 0.1) is 4.92 Å². The average Bonchev–Trinajstić information content (AvgIpc) is 2.54. The van der Waals surface area contributed by atoms with Gasteiger partial charge in [-0.05, 0) is 36.2 Å². The van der Waals surface area contributed by atoms with Crippen LogP contribution in [-0.4, -0.2) is 32.0 Å². The predicted molar refractivity (Wildman–Crippen MR) is 93.4 cm³/mol. The van der Waals surface area contributed by atoms with Gasteiger partial charge in [-0.2, -0.15) is 0 Å². The molecule has 132 valence electrons. The van der Waals surface area contributed by atoms with Crippen LogP contribution in [0.25, 0.3) is 0 Å². The zero-order valence-corrected chi connectivity index (χ0v) is 14.2. The molecule has 9 heteroatoms. The monoisotopic (exact) mass is 363 g/mol. The summed E-state index contributed by atoms with van der Waals surface area (Å²) in [7, 11) is -3.73. The molecule has 0 heterocycles. The number of nitro groups is 1. The molecule has 0 aliphatic carbocycles. The summed E-state index contributed by atoms with van der Waals surface area (Å²) in [6.45, 7) is 0.316. The number of hydrogen-bond acceptors (Lipinski definition) is 6. The number of nitrogens with one attached hydrogen (secondary N) is 1. The first-order chi connectivity index (χ1) is 11.7. The summed E-state index contributed by atoms with van der Waals surface area (Å²) < 4.78 is 23.5. The van der Waals surface area contributed by atoms with E-state index in [4.69, 9.17) is 5.73 Å². The lowest BCUT2D eigenvalue weighted by atomic mass is 10.1. The summed E-state index contributed by atoms with van der Waals surface area (Å²) in [6, 6.07) is 10.8. The molecule has 0 unspecified atom stereocenters. The van der Waals surface area contributed by atoms with E-state index >= 15 is 0 Å². The van der Waals surface area contributed by atoms with Crippen LogP contribution in [0.3, 0.4) is 0 Å². The number of carbonyl (C=O) groups excluding carboxylic acids is 1. The highest BCUT2D eigenvalue weighted by atomic mass is 32.2. The molecule has 0 aliphatic rings. The Kier molecular flexibility index (Phi) is 5.38. The molecule has 2 aromatic carbocycles. The summed E-state index contributed by atoms with van der Waals surface area (Å²) in [5.41, 5.74) is 6.08. The molecule has 0 atom stereocenters. The molecule has 2 rings (SSSR count). The van der Waals surface area contributed by atoms with E-state index < -0.39 is 26.4 Å². The molecule has 0 fully saturated rings. The van der Waals surface area contributed by atoms with E-state index in [2.05, 4.69) is 5.32 Å². The molecule has 0 aromatic heterocycles. The molecular weight excluding hydrogens is 346 g/mol. The number of primary amides is 1. The van der Waals surface area contributed by atoms with Crippen LogP contribution in [0.15, 0.2) is 47.4 Å². The largest absolute Gasteiger partial charge is 0.379 e. The van der Waals surface area contributed by atoms with Gasteiger partial charge in [0.15, 0.2) is 9.84 Å². The van der Waals surface area contributed by atoms with E-state index in [0.29, 0.717) is 18.5 Å². The van der Waals surface area contributed by atoms with E-state index in [0.717, 1.165) is 11.8 Å². The molecule has 3 N–H and O–H groups in total. The lowest BCUT2D eigenvalue weighted by molar-refractivity contribution is -0.386. The second-order valence-corrected chi connectivity index (χ2v) is 7.41. The van der Waals surface area contributed by atoms with Crippen LogP contribution < -0.4 is 11.1 Å². The lowest BCUT2D eigenvalue weighted by Gasteiger charge is -2.10. The average molecular weight is 363 g/mol. The second-order valence-electron chi connectivity index (χ2n) is 5.42. The number of nitro benzene ring substituents is 1. The number of carbonyl (C=O) groups is 1. The van der Waals surface area contributed by atoms with Gasteiger partial charge in [-0.3, -0.25) is 14.9 Å². The van der Waals surface area contributed by atoms with Gasteiger partial charge in [-0.15, -0.1) is 0 Å². The summed E-state index contributed by atoms with van der Waals surface area (Å²) in [6.07, 6.45) is 1.40. The van der Waals surface area contributed by atoms with Gasteiger partial charge >= 0.3 is 5.69 Å². The number of anilines is 1. The van der Waals surface area contributed by atoms with Crippen molar-refractivity contribution in [2.24, 2.45) is 5.73 Å². The van der Waals surface area contributed by atoms with Crippen molar-refractivity contribution in [3.63, 3.8) is 0 Å². The fraction of sp³-hybridized carbons (Fsp3) is 0.188. The Hall–Kier alpha value is -2.94. The first-order valence-electron chi connectivity index (χ1n) is 7.30. The van der Waals surface area contributed by atoms with Crippen LogP contribution in [0.4, 0.5) is 11.4 Å². The van der Waals surface area contributed by atoms with Crippen LogP contribution in [0.2, 0.25) is 0 Å². The minimum atomic E-state index is -3.73. The van der Waals surface area contributed by atoms with Crippen molar-refractivity contribution in [1.29, 1.82) is 0 Å². The third kappa shape index (κ3) is 4.54. The molecule has 0 saturated heterocycles. The molecule has 25 heavy (non-hydrogen) atoms. The van der Waals surface area contributed by atoms with E-state index in [1.807, 2.05) is 0 Å². The number of sulfone groups is 1. The van der Waals surface area contributed by atoms with Crippen molar-refractivity contribution in [2.75, 3.05) is 18.1 Å². The molecule has 0 bridgehead atoms. The Morgan fingerprint density at radius 3 is 2.52 bits per heavy atom. The lowest BCUT2D eigenvalue weighted by Crippen LogP contribution is -2.12. The summed E-state index contributed by atoms with van der Waals surface area (Å²) in [5.74, 6) is -0.536. The Morgan fingerprint density at radius 2 is 1.92 bits per heavy atom. The maximum atomic E-state index is 11.7. The van der Waals surface area contributed by atoms with Crippen LogP contribution in [0.5, 0.6) is 0 Å². The molecule has 2 aromatic rings. The molecule has 0 saturated carbocycles. The highest BCUT2D eigenvalue weighted by Crippen LogP contribution is 2.31. The number of benzene rings is 2. The van der Waals surface area contributed by atoms with Gasteiger partial charge in [-0.25, -0.2) is 8.42 Å². The maximum Gasteiger partial charge on any atom is 0.310 e. The van der Waals surface area contributed by atoms with Crippen LogP contribution in [0, 0.1) is 10.1 Å². The molecule has 0 aliphatic heterocycles. The van der Waals surface area contributed by atoms with Crippen molar-refractivity contribution < 1.29 is 18.1 Å². The van der Waals surface area contributed by atoms with Crippen LogP contribution >= 0.6 is 0 Å². The van der Waals surface area contributed by atoms with Crippen LogP contribution in [0.1, 0.15) is 15.9 Å². The Morgan fingerprint density at radius 1 is 1.24 bits per heavy atom. The van der Waals surface area contributed by atoms with Crippen molar-refractivity contribution in [2.45, 2.75) is 11.3 Å². The standard InChI is InChI=1S/C16H17N3O5S/c1-25(23,24)14-7-3-6-13(15(14)19(21)22)18-9-8-11-4-2-5-12(10-11)16(17)20/h2-7,10,18H,8-9H2,1H3,(H2,17,20). The first kappa shape index (κ1) is 18.4. The van der Waals surface area contributed by atoms with Crippen molar-refractivity contribution in [1.82, 2.24) is 0 Å². The van der Waals surface area contributed by atoms with Gasteiger partial charge < -0.3 is 11.1 Å². The number of hydrogen-bond donors (Lipinski definition) is 2. The normalized spacial score (nSPS) is 11.1. The number of nitrogens with two attached hydrogens (primary N) is 1. The summed E-state index contributed by atoms with van der Waals surface area (Å²) in [5, 5.41) is 14.2. The fourth-order valence-corrected chi connectivity index (χ4v) is 3.24. The second kappa shape index (κ2) is 7.31. The molecule has 0 spiro atoms. The van der Waals surface area contributed by atoms with Gasteiger partial charge in [0.25, 0.3) is 0 Å². The van der Waals surface area contributed by atoms with Gasteiger partial charge in [0, 0.05) is 18.4 Å². The highest BCUT2D eigenvalue weighted by Gasteiger charge is 2.25. The number of rotatable bonds is 7. The smallest absolute Gasteiger partial charge is 0.310 e. The highest BCUT2D eigenvalue weighted by molar-refractivity contribution is 7.90. The third-order valence-electron chi connectivity index (χ3n) is 3.52. The summed E-state index contributed by atoms with van der Waals surface area (Å²) >= 11 is 0. The number of amides is 1. The SMILES string of the molecule is CS(=O)(=O)c1cccc(NCCc2cccc(C(N)=O)c2)c1[N+](=O)[O-]. The molecule has 0 radical (unpaired) electrons. The van der Waals surface area contributed by atoms with Crippen molar-refractivity contribution in [3.05, 3.63) is 63.7 Å². The van der Waals surface area contributed by atoms with E-state index in [-0.39, 0.29) is 10.6 Å². The van der Waals surface area contributed by atoms with Crippen molar-refractivity contribution >= 4 is 27.1 Å². The van der Waals surface area contributed by atoms with Crippen molar-refractivity contribution in [3.8, 4) is 0 Å². The topological polar surface area (TPSA) is 132 Å². The minimum Gasteiger partial charge on any atom is -0.379 e. The summed E-state index contributed by atoms with van der Waals surface area (Å²) in [4.78, 5) is 21.4.